The molecule has 2 rings (SSSR count). The largest absolute Gasteiger partial charge is 0.381 e. The van der Waals surface area contributed by atoms with Gasteiger partial charge >= 0.3 is 0 Å². The van der Waals surface area contributed by atoms with E-state index in [1.165, 1.54) is 44.9 Å². The minimum atomic E-state index is 0. The Kier molecular flexibility index (Phi) is 12.9. The molecule has 1 aliphatic carbocycles. The van der Waals surface area contributed by atoms with E-state index in [0.29, 0.717) is 12.0 Å². The summed E-state index contributed by atoms with van der Waals surface area (Å²) in [5.74, 6) is 1.68. The van der Waals surface area contributed by atoms with E-state index in [4.69, 9.17) is 14.5 Å². The fourth-order valence-electron chi connectivity index (χ4n) is 3.65. The first kappa shape index (κ1) is 23.0. The lowest BCUT2D eigenvalue weighted by Crippen LogP contribution is -2.40. The molecule has 0 aromatic rings. The van der Waals surface area contributed by atoms with Gasteiger partial charge in [0.25, 0.3) is 0 Å². The van der Waals surface area contributed by atoms with E-state index in [9.17, 15) is 0 Å². The molecule has 2 fully saturated rings. The minimum absolute atomic E-state index is 0. The topological polar surface area (TPSA) is 46.1 Å². The molecule has 1 unspecified atom stereocenters. The van der Waals surface area contributed by atoms with Gasteiger partial charge in [-0.3, -0.25) is 4.99 Å². The van der Waals surface area contributed by atoms with Gasteiger partial charge in [0, 0.05) is 32.2 Å². The van der Waals surface area contributed by atoms with Gasteiger partial charge in [-0.2, -0.15) is 0 Å². The lowest BCUT2D eigenvalue weighted by atomic mass is 10.1. The van der Waals surface area contributed by atoms with Crippen LogP contribution in [-0.2, 0) is 9.47 Å². The zero-order chi connectivity index (χ0) is 17.0. The molecule has 0 radical (unpaired) electrons. The number of nitrogens with one attached hydrogen (secondary N) is 1. The molecule has 25 heavy (non-hydrogen) atoms. The van der Waals surface area contributed by atoms with E-state index in [-0.39, 0.29) is 24.0 Å². The van der Waals surface area contributed by atoms with Crippen molar-refractivity contribution in [2.24, 2.45) is 10.9 Å². The molecule has 6 heteroatoms. The molecule has 1 saturated carbocycles. The van der Waals surface area contributed by atoms with Gasteiger partial charge in [-0.1, -0.05) is 25.7 Å². The molecule has 1 aliphatic heterocycles. The van der Waals surface area contributed by atoms with Crippen LogP contribution in [0.5, 0.6) is 0 Å². The van der Waals surface area contributed by atoms with E-state index < -0.39 is 0 Å². The van der Waals surface area contributed by atoms with Gasteiger partial charge in [-0.15, -0.1) is 24.0 Å². The second-order valence-corrected chi connectivity index (χ2v) is 6.98. The normalized spacial score (nSPS) is 22.6. The van der Waals surface area contributed by atoms with Crippen molar-refractivity contribution in [1.29, 1.82) is 0 Å². The molecule has 1 atom stereocenters. The van der Waals surface area contributed by atoms with Crippen molar-refractivity contribution >= 4 is 29.9 Å². The number of rotatable bonds is 8. The molecule has 0 aromatic carbocycles. The highest BCUT2D eigenvalue weighted by atomic mass is 127. The highest BCUT2D eigenvalue weighted by Crippen LogP contribution is 2.20. The van der Waals surface area contributed by atoms with Crippen LogP contribution >= 0.6 is 24.0 Å². The molecule has 5 nitrogen and oxygen atoms in total. The van der Waals surface area contributed by atoms with Crippen LogP contribution < -0.4 is 5.32 Å². The molecule has 0 aromatic heterocycles. The summed E-state index contributed by atoms with van der Waals surface area (Å²) in [5, 5.41) is 3.43. The van der Waals surface area contributed by atoms with E-state index in [0.717, 1.165) is 52.0 Å². The summed E-state index contributed by atoms with van der Waals surface area (Å²) in [4.78, 5) is 7.16. The third-order valence-corrected chi connectivity index (χ3v) is 4.99. The van der Waals surface area contributed by atoms with Crippen molar-refractivity contribution in [1.82, 2.24) is 10.2 Å². The zero-order valence-electron chi connectivity index (χ0n) is 16.2. The lowest BCUT2D eigenvalue weighted by molar-refractivity contribution is 0.0486. The van der Waals surface area contributed by atoms with Crippen LogP contribution in [0, 0.1) is 5.92 Å². The molecule has 1 saturated heterocycles. The number of guanidine groups is 1. The maximum Gasteiger partial charge on any atom is 0.194 e. The summed E-state index contributed by atoms with van der Waals surface area (Å²) in [7, 11) is 0. The quantitative estimate of drug-likeness (QED) is 0.195. The van der Waals surface area contributed by atoms with Crippen LogP contribution in [0.1, 0.15) is 58.8 Å². The SMILES string of the molecule is CCNC(=NCCOC1CCCCCC1)N1CCC(COCC)C1.I. The Balaban J connectivity index is 0.00000312. The van der Waals surface area contributed by atoms with Crippen LogP contribution in [0.4, 0.5) is 0 Å². The predicted octanol–water partition coefficient (Wildman–Crippen LogP) is 3.67. The summed E-state index contributed by atoms with van der Waals surface area (Å²) >= 11 is 0. The maximum absolute atomic E-state index is 6.05. The summed E-state index contributed by atoms with van der Waals surface area (Å²) in [6, 6.07) is 0. The first-order chi connectivity index (χ1) is 11.8. The zero-order valence-corrected chi connectivity index (χ0v) is 18.5. The number of hydrogen-bond donors (Lipinski definition) is 1. The summed E-state index contributed by atoms with van der Waals surface area (Å²) in [5.41, 5.74) is 0. The fourth-order valence-corrected chi connectivity index (χ4v) is 3.65. The number of hydrogen-bond acceptors (Lipinski definition) is 3. The number of halogens is 1. The number of aliphatic imine (C=N–C) groups is 1. The Morgan fingerprint density at radius 2 is 1.88 bits per heavy atom. The predicted molar refractivity (Wildman–Crippen MR) is 115 cm³/mol. The summed E-state index contributed by atoms with van der Waals surface area (Å²) in [6.45, 7) is 10.4. The molecule has 148 valence electrons. The van der Waals surface area contributed by atoms with Crippen LogP contribution in [-0.4, -0.2) is 63.0 Å². The van der Waals surface area contributed by atoms with Crippen molar-refractivity contribution in [3.05, 3.63) is 0 Å². The molecular weight excluding hydrogens is 429 g/mol. The van der Waals surface area contributed by atoms with Gasteiger partial charge in [0.1, 0.15) is 0 Å². The molecule has 2 aliphatic rings. The van der Waals surface area contributed by atoms with Crippen molar-refractivity contribution in [2.45, 2.75) is 64.9 Å². The lowest BCUT2D eigenvalue weighted by Gasteiger charge is -2.22. The van der Waals surface area contributed by atoms with Gasteiger partial charge in [-0.05, 0) is 33.1 Å². The number of likely N-dealkylation sites (tertiary alicyclic amines) is 1. The second-order valence-electron chi connectivity index (χ2n) is 6.98. The van der Waals surface area contributed by atoms with Crippen molar-refractivity contribution in [2.75, 3.05) is 46.0 Å². The summed E-state index contributed by atoms with van der Waals surface area (Å²) < 4.78 is 11.6. The molecule has 0 amide bonds. The Morgan fingerprint density at radius 3 is 2.56 bits per heavy atom. The fraction of sp³-hybridized carbons (Fsp3) is 0.947. The third-order valence-electron chi connectivity index (χ3n) is 4.99. The van der Waals surface area contributed by atoms with Crippen molar-refractivity contribution in [3.8, 4) is 0 Å². The minimum Gasteiger partial charge on any atom is -0.381 e. The standard InChI is InChI=1S/C19H37N3O2.HI/c1-3-20-19(22-13-11-17(15-22)16-23-4-2)21-12-14-24-18-9-7-5-6-8-10-18;/h17-18H,3-16H2,1-2H3,(H,20,21);1H. The van der Waals surface area contributed by atoms with Gasteiger partial charge in [-0.25, -0.2) is 0 Å². The Morgan fingerprint density at radius 1 is 1.12 bits per heavy atom. The first-order valence-electron chi connectivity index (χ1n) is 10.1. The van der Waals surface area contributed by atoms with Crippen molar-refractivity contribution in [3.63, 3.8) is 0 Å². The van der Waals surface area contributed by atoms with E-state index in [1.807, 2.05) is 0 Å². The van der Waals surface area contributed by atoms with E-state index >= 15 is 0 Å². The van der Waals surface area contributed by atoms with Gasteiger partial charge in [0.05, 0.1) is 25.9 Å². The van der Waals surface area contributed by atoms with E-state index in [2.05, 4.69) is 24.1 Å². The molecular formula is C19H38IN3O2. The first-order valence-corrected chi connectivity index (χ1v) is 10.1. The molecule has 0 spiro atoms. The van der Waals surface area contributed by atoms with Gasteiger partial charge < -0.3 is 19.7 Å². The molecule has 1 heterocycles. The van der Waals surface area contributed by atoms with Crippen molar-refractivity contribution < 1.29 is 9.47 Å². The van der Waals surface area contributed by atoms with Crippen LogP contribution in [0.25, 0.3) is 0 Å². The highest BCUT2D eigenvalue weighted by molar-refractivity contribution is 14.0. The van der Waals surface area contributed by atoms with Crippen LogP contribution in [0.2, 0.25) is 0 Å². The molecule has 1 N–H and O–H groups in total. The average Bonchev–Trinajstić information content (AvgIpc) is 2.91. The highest BCUT2D eigenvalue weighted by Gasteiger charge is 2.24. The number of nitrogens with zero attached hydrogens (tertiary/aromatic N) is 2. The average molecular weight is 467 g/mol. The maximum atomic E-state index is 6.05. The third kappa shape index (κ3) is 8.91. The molecule has 0 bridgehead atoms. The van der Waals surface area contributed by atoms with E-state index in [1.54, 1.807) is 0 Å². The van der Waals surface area contributed by atoms with Gasteiger partial charge in [0.15, 0.2) is 5.96 Å². The van der Waals surface area contributed by atoms with Crippen LogP contribution in [0.3, 0.4) is 0 Å². The number of ether oxygens (including phenoxy) is 2. The smallest absolute Gasteiger partial charge is 0.194 e. The monoisotopic (exact) mass is 467 g/mol. The Labute approximate surface area is 171 Å². The summed E-state index contributed by atoms with van der Waals surface area (Å²) in [6.07, 6.45) is 9.53. The second kappa shape index (κ2) is 14.0. The Bertz CT molecular complexity index is 361. The Hall–Kier alpha value is -0.0800. The van der Waals surface area contributed by atoms with Gasteiger partial charge in [0.2, 0.25) is 0 Å². The van der Waals surface area contributed by atoms with Crippen LogP contribution in [0.15, 0.2) is 4.99 Å².